The van der Waals surface area contributed by atoms with Crippen LogP contribution < -0.4 is 0 Å². The summed E-state index contributed by atoms with van der Waals surface area (Å²) < 4.78 is 0. The Morgan fingerprint density at radius 1 is 1.29 bits per heavy atom. The zero-order valence-corrected chi connectivity index (χ0v) is 10.8. The zero-order valence-electron chi connectivity index (χ0n) is 10.8. The number of carbonyl (C=O) groups is 1. The number of rotatable bonds is 3. The van der Waals surface area contributed by atoms with Gasteiger partial charge in [-0.1, -0.05) is 13.8 Å². The van der Waals surface area contributed by atoms with E-state index in [9.17, 15) is 4.79 Å². The summed E-state index contributed by atoms with van der Waals surface area (Å²) in [7, 11) is 0. The van der Waals surface area contributed by atoms with Gasteiger partial charge in [0.25, 0.3) is 0 Å². The maximum atomic E-state index is 12.1. The zero-order chi connectivity index (χ0) is 12.5. The van der Waals surface area contributed by atoms with Gasteiger partial charge in [-0.3, -0.25) is 9.69 Å². The molecule has 17 heavy (non-hydrogen) atoms. The first-order valence-electron chi connectivity index (χ1n) is 6.50. The van der Waals surface area contributed by atoms with E-state index < -0.39 is 5.41 Å². The van der Waals surface area contributed by atoms with Crippen LogP contribution in [0, 0.1) is 22.7 Å². The second-order valence-corrected chi connectivity index (χ2v) is 5.68. The van der Waals surface area contributed by atoms with Crippen molar-refractivity contribution >= 4 is 5.91 Å². The Bertz CT molecular complexity index is 333. The SMILES string of the molecule is CC(C)CN1CCN(C(=O)C2(C#N)CC2)CC1. The Hall–Kier alpha value is -1.08. The van der Waals surface area contributed by atoms with Crippen LogP contribution >= 0.6 is 0 Å². The minimum absolute atomic E-state index is 0.0733. The highest BCUT2D eigenvalue weighted by Crippen LogP contribution is 2.46. The second kappa shape index (κ2) is 4.66. The predicted octanol–water partition coefficient (Wildman–Crippen LogP) is 1.09. The summed E-state index contributed by atoms with van der Waals surface area (Å²) >= 11 is 0. The maximum absolute atomic E-state index is 12.1. The van der Waals surface area contributed by atoms with E-state index in [1.165, 1.54) is 0 Å². The van der Waals surface area contributed by atoms with Crippen LogP contribution in [0.25, 0.3) is 0 Å². The van der Waals surface area contributed by atoms with Crippen LogP contribution in [-0.4, -0.2) is 48.4 Å². The standard InChI is InChI=1S/C13H21N3O/c1-11(2)9-15-5-7-16(8-6-15)12(17)13(10-14)3-4-13/h11H,3-9H2,1-2H3. The third kappa shape index (κ3) is 2.61. The minimum atomic E-state index is -0.639. The molecule has 1 saturated carbocycles. The summed E-state index contributed by atoms with van der Waals surface area (Å²) in [6.07, 6.45) is 1.52. The monoisotopic (exact) mass is 235 g/mol. The summed E-state index contributed by atoms with van der Waals surface area (Å²) in [4.78, 5) is 16.4. The number of amides is 1. The van der Waals surface area contributed by atoms with Gasteiger partial charge in [-0.25, -0.2) is 0 Å². The van der Waals surface area contributed by atoms with Crippen molar-refractivity contribution in [1.82, 2.24) is 9.80 Å². The molecule has 4 nitrogen and oxygen atoms in total. The van der Waals surface area contributed by atoms with Crippen molar-refractivity contribution < 1.29 is 4.79 Å². The molecule has 0 N–H and O–H groups in total. The number of carbonyl (C=O) groups excluding carboxylic acids is 1. The van der Waals surface area contributed by atoms with Crippen molar-refractivity contribution in [2.45, 2.75) is 26.7 Å². The summed E-state index contributed by atoms with van der Waals surface area (Å²) in [5, 5.41) is 9.02. The molecule has 0 spiro atoms. The average Bonchev–Trinajstić information content (AvgIpc) is 3.09. The molecule has 0 aromatic rings. The Kier molecular flexibility index (Phi) is 3.39. The van der Waals surface area contributed by atoms with E-state index in [-0.39, 0.29) is 5.91 Å². The van der Waals surface area contributed by atoms with Crippen LogP contribution in [0.4, 0.5) is 0 Å². The summed E-state index contributed by atoms with van der Waals surface area (Å²) in [5.74, 6) is 0.746. The minimum Gasteiger partial charge on any atom is -0.339 e. The molecule has 4 heteroatoms. The molecule has 0 aromatic carbocycles. The number of piperazine rings is 1. The molecule has 2 fully saturated rings. The maximum Gasteiger partial charge on any atom is 0.243 e. The van der Waals surface area contributed by atoms with E-state index in [2.05, 4.69) is 24.8 Å². The molecule has 1 heterocycles. The van der Waals surface area contributed by atoms with Crippen molar-refractivity contribution in [1.29, 1.82) is 5.26 Å². The average molecular weight is 235 g/mol. The Balaban J connectivity index is 1.83. The number of hydrogen-bond acceptors (Lipinski definition) is 3. The van der Waals surface area contributed by atoms with Gasteiger partial charge in [0.05, 0.1) is 6.07 Å². The fraction of sp³-hybridized carbons (Fsp3) is 0.846. The molecule has 1 saturated heterocycles. The first kappa shape index (κ1) is 12.4. The summed E-state index contributed by atoms with van der Waals surface area (Å²) in [6.45, 7) is 9.01. The molecule has 1 aliphatic carbocycles. The molecular formula is C13H21N3O. The van der Waals surface area contributed by atoms with Gasteiger partial charge in [0.2, 0.25) is 5.91 Å². The van der Waals surface area contributed by atoms with E-state index in [1.807, 2.05) is 4.90 Å². The molecule has 0 bridgehead atoms. The summed E-state index contributed by atoms with van der Waals surface area (Å²) in [5.41, 5.74) is -0.639. The van der Waals surface area contributed by atoms with Gasteiger partial charge in [-0.2, -0.15) is 5.26 Å². The van der Waals surface area contributed by atoms with Crippen molar-refractivity contribution in [3.05, 3.63) is 0 Å². The number of nitriles is 1. The van der Waals surface area contributed by atoms with Gasteiger partial charge in [-0.15, -0.1) is 0 Å². The molecule has 2 rings (SSSR count). The third-order valence-electron chi connectivity index (χ3n) is 3.66. The van der Waals surface area contributed by atoms with Gasteiger partial charge in [0.1, 0.15) is 5.41 Å². The molecule has 1 amide bonds. The first-order valence-corrected chi connectivity index (χ1v) is 6.50. The lowest BCUT2D eigenvalue weighted by molar-refractivity contribution is -0.136. The highest BCUT2D eigenvalue weighted by Gasteiger charge is 2.52. The van der Waals surface area contributed by atoms with Crippen molar-refractivity contribution in [3.8, 4) is 6.07 Å². The predicted molar refractivity (Wildman–Crippen MR) is 65.1 cm³/mol. The Labute approximate surface area is 103 Å². The topological polar surface area (TPSA) is 47.3 Å². The van der Waals surface area contributed by atoms with Crippen LogP contribution in [0.5, 0.6) is 0 Å². The van der Waals surface area contributed by atoms with E-state index in [4.69, 9.17) is 5.26 Å². The molecule has 0 aromatic heterocycles. The smallest absolute Gasteiger partial charge is 0.243 e. The first-order chi connectivity index (χ1) is 8.07. The van der Waals surface area contributed by atoms with Gasteiger partial charge < -0.3 is 4.90 Å². The van der Waals surface area contributed by atoms with Crippen LogP contribution in [0.2, 0.25) is 0 Å². The fourth-order valence-corrected chi connectivity index (χ4v) is 2.45. The van der Waals surface area contributed by atoms with E-state index >= 15 is 0 Å². The fourth-order valence-electron chi connectivity index (χ4n) is 2.45. The highest BCUT2D eigenvalue weighted by atomic mass is 16.2. The second-order valence-electron chi connectivity index (χ2n) is 5.68. The van der Waals surface area contributed by atoms with Crippen LogP contribution in [0.3, 0.4) is 0 Å². The normalized spacial score (nSPS) is 23.5. The largest absolute Gasteiger partial charge is 0.339 e. The highest BCUT2D eigenvalue weighted by molar-refractivity contribution is 5.88. The van der Waals surface area contributed by atoms with E-state index in [1.54, 1.807) is 0 Å². The quantitative estimate of drug-likeness (QED) is 0.735. The van der Waals surface area contributed by atoms with Gasteiger partial charge >= 0.3 is 0 Å². The Morgan fingerprint density at radius 2 is 1.88 bits per heavy atom. The lowest BCUT2D eigenvalue weighted by Gasteiger charge is -2.36. The lowest BCUT2D eigenvalue weighted by atomic mass is 10.1. The van der Waals surface area contributed by atoms with Gasteiger partial charge in [0.15, 0.2) is 0 Å². The summed E-state index contributed by atoms with van der Waals surface area (Å²) in [6, 6.07) is 2.19. The molecule has 0 radical (unpaired) electrons. The van der Waals surface area contributed by atoms with Crippen LogP contribution in [-0.2, 0) is 4.79 Å². The van der Waals surface area contributed by atoms with Crippen LogP contribution in [0.15, 0.2) is 0 Å². The van der Waals surface area contributed by atoms with Crippen molar-refractivity contribution in [2.75, 3.05) is 32.7 Å². The molecule has 2 aliphatic rings. The Morgan fingerprint density at radius 3 is 2.29 bits per heavy atom. The molecule has 1 aliphatic heterocycles. The number of nitrogens with zero attached hydrogens (tertiary/aromatic N) is 3. The van der Waals surface area contributed by atoms with Crippen LogP contribution in [0.1, 0.15) is 26.7 Å². The lowest BCUT2D eigenvalue weighted by Crippen LogP contribution is -2.51. The van der Waals surface area contributed by atoms with E-state index in [0.717, 1.165) is 45.6 Å². The number of hydrogen-bond donors (Lipinski definition) is 0. The molecule has 0 unspecified atom stereocenters. The molecular weight excluding hydrogens is 214 g/mol. The third-order valence-corrected chi connectivity index (χ3v) is 3.66. The van der Waals surface area contributed by atoms with Gasteiger partial charge in [-0.05, 0) is 18.8 Å². The van der Waals surface area contributed by atoms with Crippen molar-refractivity contribution in [3.63, 3.8) is 0 Å². The molecule has 94 valence electrons. The van der Waals surface area contributed by atoms with Gasteiger partial charge in [0, 0.05) is 32.7 Å². The molecule has 0 atom stereocenters. The van der Waals surface area contributed by atoms with Crippen molar-refractivity contribution in [2.24, 2.45) is 11.3 Å². The van der Waals surface area contributed by atoms with E-state index in [0.29, 0.717) is 5.92 Å².